The third kappa shape index (κ3) is 3.31. The highest BCUT2D eigenvalue weighted by Crippen LogP contribution is 2.35. The van der Waals surface area contributed by atoms with Crippen LogP contribution in [0.2, 0.25) is 0 Å². The Kier molecular flexibility index (Phi) is 4.29. The molecule has 5 aromatic rings. The largest absolute Gasteiger partial charge is 0.450 e. The van der Waals surface area contributed by atoms with Crippen molar-refractivity contribution in [3.8, 4) is 22.8 Å². The van der Waals surface area contributed by atoms with E-state index in [4.69, 9.17) is 4.74 Å². The molecule has 0 amide bonds. The van der Waals surface area contributed by atoms with Crippen molar-refractivity contribution in [1.29, 1.82) is 0 Å². The fourth-order valence-electron chi connectivity index (χ4n) is 3.36. The monoisotopic (exact) mass is 393 g/mol. The maximum Gasteiger partial charge on any atom is 0.312 e. The molecule has 0 atom stereocenters. The molecule has 0 radical (unpaired) electrons. The van der Waals surface area contributed by atoms with Crippen molar-refractivity contribution < 1.29 is 9.66 Å². The van der Waals surface area contributed by atoms with Crippen LogP contribution in [0, 0.1) is 10.1 Å². The molecule has 0 unspecified atom stereocenters. The molecule has 1 heterocycles. The van der Waals surface area contributed by atoms with E-state index in [1.807, 2.05) is 60.7 Å². The van der Waals surface area contributed by atoms with E-state index in [0.29, 0.717) is 17.0 Å². The molecule has 0 aliphatic heterocycles. The SMILES string of the molecule is O=[N+]([O-])c1cc(-c2cnc3ccccc3n2)ccc1Oc1ccc2ccccc2c1. The molecular formula is C24H15N3O3. The van der Waals surface area contributed by atoms with Crippen molar-refractivity contribution in [2.45, 2.75) is 0 Å². The van der Waals surface area contributed by atoms with E-state index in [9.17, 15) is 10.1 Å². The van der Waals surface area contributed by atoms with Crippen LogP contribution in [0.1, 0.15) is 0 Å². The van der Waals surface area contributed by atoms with Gasteiger partial charge in [0.1, 0.15) is 5.75 Å². The first-order chi connectivity index (χ1) is 14.7. The van der Waals surface area contributed by atoms with E-state index >= 15 is 0 Å². The maximum absolute atomic E-state index is 11.7. The lowest BCUT2D eigenvalue weighted by molar-refractivity contribution is -0.385. The summed E-state index contributed by atoms with van der Waals surface area (Å²) in [7, 11) is 0. The summed E-state index contributed by atoms with van der Waals surface area (Å²) in [4.78, 5) is 20.2. The van der Waals surface area contributed by atoms with Gasteiger partial charge < -0.3 is 4.74 Å². The summed E-state index contributed by atoms with van der Waals surface area (Å²) in [5, 5.41) is 13.8. The number of aromatic nitrogens is 2. The van der Waals surface area contributed by atoms with Crippen molar-refractivity contribution in [3.05, 3.63) is 101 Å². The number of ether oxygens (including phenoxy) is 1. The molecule has 30 heavy (non-hydrogen) atoms. The van der Waals surface area contributed by atoms with Gasteiger partial charge in [0.05, 0.1) is 27.8 Å². The summed E-state index contributed by atoms with van der Waals surface area (Å²) in [6.07, 6.45) is 1.62. The minimum absolute atomic E-state index is 0.129. The van der Waals surface area contributed by atoms with Crippen LogP contribution >= 0.6 is 0 Å². The average Bonchev–Trinajstić information content (AvgIpc) is 2.79. The smallest absolute Gasteiger partial charge is 0.312 e. The fourth-order valence-corrected chi connectivity index (χ4v) is 3.36. The number of hydrogen-bond acceptors (Lipinski definition) is 5. The third-order valence-corrected chi connectivity index (χ3v) is 4.85. The second kappa shape index (κ2) is 7.25. The molecule has 0 aliphatic carbocycles. The average molecular weight is 393 g/mol. The van der Waals surface area contributed by atoms with Crippen molar-refractivity contribution >= 4 is 27.5 Å². The molecule has 0 saturated carbocycles. The number of nitro groups is 1. The van der Waals surface area contributed by atoms with Gasteiger partial charge >= 0.3 is 5.69 Å². The lowest BCUT2D eigenvalue weighted by atomic mass is 10.1. The summed E-state index contributed by atoms with van der Waals surface area (Å²) in [6.45, 7) is 0. The molecule has 144 valence electrons. The van der Waals surface area contributed by atoms with Crippen LogP contribution in [0.4, 0.5) is 5.69 Å². The number of fused-ring (bicyclic) bond motifs is 2. The van der Waals surface area contributed by atoms with Crippen LogP contribution in [0.25, 0.3) is 33.1 Å². The second-order valence-electron chi connectivity index (χ2n) is 6.79. The van der Waals surface area contributed by atoms with Gasteiger partial charge in [0.15, 0.2) is 0 Å². The molecule has 0 saturated heterocycles. The van der Waals surface area contributed by atoms with Gasteiger partial charge in [-0.15, -0.1) is 0 Å². The van der Waals surface area contributed by atoms with E-state index in [0.717, 1.165) is 21.8 Å². The number of hydrogen-bond donors (Lipinski definition) is 0. The van der Waals surface area contributed by atoms with Gasteiger partial charge in [-0.1, -0.05) is 42.5 Å². The summed E-state index contributed by atoms with van der Waals surface area (Å²) in [5.74, 6) is 0.711. The highest BCUT2D eigenvalue weighted by atomic mass is 16.6. The molecule has 6 heteroatoms. The summed E-state index contributed by atoms with van der Waals surface area (Å²) in [6, 6.07) is 25.8. The van der Waals surface area contributed by atoms with E-state index < -0.39 is 4.92 Å². The molecule has 0 spiro atoms. The Bertz CT molecular complexity index is 1420. The predicted molar refractivity (Wildman–Crippen MR) is 116 cm³/mol. The first-order valence-corrected chi connectivity index (χ1v) is 9.35. The predicted octanol–water partition coefficient (Wildman–Crippen LogP) is 6.15. The Morgan fingerprint density at radius 3 is 2.40 bits per heavy atom. The second-order valence-corrected chi connectivity index (χ2v) is 6.79. The number of benzene rings is 4. The van der Waals surface area contributed by atoms with Gasteiger partial charge in [0.2, 0.25) is 5.75 Å². The van der Waals surface area contributed by atoms with E-state index in [1.165, 1.54) is 6.07 Å². The van der Waals surface area contributed by atoms with Gasteiger partial charge in [0, 0.05) is 11.6 Å². The van der Waals surface area contributed by atoms with Crippen LogP contribution < -0.4 is 4.74 Å². The van der Waals surface area contributed by atoms with Crippen LogP contribution in [0.3, 0.4) is 0 Å². The minimum atomic E-state index is -0.450. The zero-order valence-electron chi connectivity index (χ0n) is 15.7. The number of para-hydroxylation sites is 2. The molecular weight excluding hydrogens is 378 g/mol. The van der Waals surface area contributed by atoms with Crippen molar-refractivity contribution in [2.24, 2.45) is 0 Å². The zero-order chi connectivity index (χ0) is 20.5. The first-order valence-electron chi connectivity index (χ1n) is 9.35. The number of nitrogens with zero attached hydrogens (tertiary/aromatic N) is 3. The number of nitro benzene ring substituents is 1. The molecule has 0 N–H and O–H groups in total. The Labute approximate surface area is 171 Å². The van der Waals surface area contributed by atoms with Crippen LogP contribution in [0.5, 0.6) is 11.5 Å². The Balaban J connectivity index is 1.53. The zero-order valence-corrected chi connectivity index (χ0v) is 15.7. The van der Waals surface area contributed by atoms with Gasteiger partial charge in [-0.25, -0.2) is 4.98 Å². The standard InChI is InChI=1S/C24H15N3O3/c28-27(29)23-14-18(22-15-25-20-7-3-4-8-21(20)26-22)10-12-24(23)30-19-11-9-16-5-1-2-6-17(16)13-19/h1-15H. The highest BCUT2D eigenvalue weighted by Gasteiger charge is 2.18. The van der Waals surface area contributed by atoms with Gasteiger partial charge in [-0.3, -0.25) is 15.1 Å². The Morgan fingerprint density at radius 2 is 1.57 bits per heavy atom. The first kappa shape index (κ1) is 17.8. The Morgan fingerprint density at radius 1 is 0.800 bits per heavy atom. The quantitative estimate of drug-likeness (QED) is 0.270. The number of rotatable bonds is 4. The van der Waals surface area contributed by atoms with Crippen LogP contribution in [-0.2, 0) is 0 Å². The lowest BCUT2D eigenvalue weighted by Crippen LogP contribution is -1.95. The molecule has 0 fully saturated rings. The Hall–Kier alpha value is -4.32. The summed E-state index contributed by atoms with van der Waals surface area (Å²) in [5.41, 5.74) is 2.54. The summed E-state index contributed by atoms with van der Waals surface area (Å²) < 4.78 is 5.86. The molecule has 1 aromatic heterocycles. The molecule has 0 aliphatic rings. The maximum atomic E-state index is 11.7. The molecule has 4 aromatic carbocycles. The highest BCUT2D eigenvalue weighted by molar-refractivity contribution is 5.84. The lowest BCUT2D eigenvalue weighted by Gasteiger charge is -2.09. The third-order valence-electron chi connectivity index (χ3n) is 4.85. The normalized spacial score (nSPS) is 10.9. The van der Waals surface area contributed by atoms with Gasteiger partial charge in [0.25, 0.3) is 0 Å². The summed E-state index contributed by atoms with van der Waals surface area (Å²) >= 11 is 0. The van der Waals surface area contributed by atoms with Gasteiger partial charge in [-0.05, 0) is 47.2 Å². The molecule has 5 rings (SSSR count). The molecule has 6 nitrogen and oxygen atoms in total. The van der Waals surface area contributed by atoms with E-state index in [2.05, 4.69) is 9.97 Å². The van der Waals surface area contributed by atoms with Gasteiger partial charge in [-0.2, -0.15) is 0 Å². The van der Waals surface area contributed by atoms with Crippen molar-refractivity contribution in [1.82, 2.24) is 9.97 Å². The minimum Gasteiger partial charge on any atom is -0.450 e. The fraction of sp³-hybridized carbons (Fsp3) is 0. The van der Waals surface area contributed by atoms with E-state index in [-0.39, 0.29) is 11.4 Å². The topological polar surface area (TPSA) is 78.2 Å². The van der Waals surface area contributed by atoms with Crippen LogP contribution in [-0.4, -0.2) is 14.9 Å². The van der Waals surface area contributed by atoms with E-state index in [1.54, 1.807) is 24.4 Å². The van der Waals surface area contributed by atoms with Crippen molar-refractivity contribution in [2.75, 3.05) is 0 Å². The molecule has 0 bridgehead atoms. The van der Waals surface area contributed by atoms with Crippen molar-refractivity contribution in [3.63, 3.8) is 0 Å². The van der Waals surface area contributed by atoms with Crippen LogP contribution in [0.15, 0.2) is 91.1 Å².